The Hall–Kier alpha value is -2.10. The van der Waals surface area contributed by atoms with Crippen LogP contribution in [0.2, 0.25) is 0 Å². The summed E-state index contributed by atoms with van der Waals surface area (Å²) in [5.41, 5.74) is 2.56. The Balaban J connectivity index is 1.70. The van der Waals surface area contributed by atoms with Gasteiger partial charge in [-0.05, 0) is 38.2 Å². The lowest BCUT2D eigenvalue weighted by molar-refractivity contribution is 0.436. The molecule has 0 spiro atoms. The lowest BCUT2D eigenvalue weighted by Crippen LogP contribution is -2.33. The quantitative estimate of drug-likeness (QED) is 0.928. The lowest BCUT2D eigenvalue weighted by Gasteiger charge is -2.31. The van der Waals surface area contributed by atoms with E-state index in [9.17, 15) is 0 Å². The van der Waals surface area contributed by atoms with E-state index in [-0.39, 0.29) is 0 Å². The zero-order chi connectivity index (χ0) is 16.2. The van der Waals surface area contributed by atoms with Gasteiger partial charge in [-0.25, -0.2) is 9.97 Å². The normalized spacial score (nSPS) is 15.7. The van der Waals surface area contributed by atoms with E-state index >= 15 is 0 Å². The summed E-state index contributed by atoms with van der Waals surface area (Å²) in [5.74, 6) is 3.62. The van der Waals surface area contributed by atoms with Crippen LogP contribution < -0.4 is 10.2 Å². The molecule has 1 N–H and O–H groups in total. The van der Waals surface area contributed by atoms with Gasteiger partial charge in [0, 0.05) is 25.7 Å². The molecule has 4 heteroatoms. The van der Waals surface area contributed by atoms with E-state index < -0.39 is 0 Å². The Kier molecular flexibility index (Phi) is 4.79. The molecule has 3 rings (SSSR count). The van der Waals surface area contributed by atoms with Gasteiger partial charge in [0.15, 0.2) is 0 Å². The summed E-state index contributed by atoms with van der Waals surface area (Å²) in [6.45, 7) is 9.39. The van der Waals surface area contributed by atoms with Crippen LogP contribution in [0, 0.1) is 19.8 Å². The highest BCUT2D eigenvalue weighted by Gasteiger charge is 2.17. The molecule has 4 nitrogen and oxygen atoms in total. The van der Waals surface area contributed by atoms with Crippen molar-refractivity contribution < 1.29 is 0 Å². The van der Waals surface area contributed by atoms with Gasteiger partial charge in [-0.2, -0.15) is 0 Å². The third-order valence-electron chi connectivity index (χ3n) is 4.49. The summed E-state index contributed by atoms with van der Waals surface area (Å²) in [6.07, 6.45) is 2.49. The monoisotopic (exact) mass is 310 g/mol. The first-order valence-electron chi connectivity index (χ1n) is 8.50. The van der Waals surface area contributed by atoms with Gasteiger partial charge in [0.25, 0.3) is 0 Å². The molecular weight excluding hydrogens is 284 g/mol. The molecule has 1 fully saturated rings. The molecule has 0 bridgehead atoms. The van der Waals surface area contributed by atoms with Gasteiger partial charge in [-0.1, -0.05) is 36.8 Å². The number of hydrogen-bond acceptors (Lipinski definition) is 4. The maximum Gasteiger partial charge on any atom is 0.134 e. The van der Waals surface area contributed by atoms with E-state index in [0.29, 0.717) is 0 Å². The fraction of sp³-hybridized carbons (Fsp3) is 0.474. The van der Waals surface area contributed by atoms with Crippen LogP contribution in [0.4, 0.5) is 11.6 Å². The SMILES string of the molecule is Cc1cccc(CNc2cc(N3CCC(C)CC3)nc(C)n2)c1. The average Bonchev–Trinajstić information content (AvgIpc) is 2.53. The van der Waals surface area contributed by atoms with Crippen molar-refractivity contribution in [3.05, 3.63) is 47.3 Å². The van der Waals surface area contributed by atoms with Crippen molar-refractivity contribution in [1.82, 2.24) is 9.97 Å². The minimum Gasteiger partial charge on any atom is -0.366 e. The Morgan fingerprint density at radius 2 is 1.91 bits per heavy atom. The topological polar surface area (TPSA) is 41.0 Å². The number of piperidine rings is 1. The number of benzene rings is 1. The molecule has 2 aromatic rings. The number of rotatable bonds is 4. The molecule has 0 amide bonds. The van der Waals surface area contributed by atoms with Gasteiger partial charge < -0.3 is 10.2 Å². The van der Waals surface area contributed by atoms with Gasteiger partial charge in [0.05, 0.1) is 0 Å². The second kappa shape index (κ2) is 6.99. The number of hydrogen-bond donors (Lipinski definition) is 1. The van der Waals surface area contributed by atoms with Crippen LogP contribution in [0.5, 0.6) is 0 Å². The molecular formula is C19H26N4. The second-order valence-electron chi connectivity index (χ2n) is 6.67. The Morgan fingerprint density at radius 3 is 2.65 bits per heavy atom. The highest BCUT2D eigenvalue weighted by Crippen LogP contribution is 2.23. The summed E-state index contributed by atoms with van der Waals surface area (Å²) in [7, 11) is 0. The van der Waals surface area contributed by atoms with E-state index in [1.165, 1.54) is 24.0 Å². The number of nitrogens with zero attached hydrogens (tertiary/aromatic N) is 3. The van der Waals surface area contributed by atoms with Gasteiger partial charge in [0.2, 0.25) is 0 Å². The van der Waals surface area contributed by atoms with Crippen LogP contribution in [0.3, 0.4) is 0 Å². The van der Waals surface area contributed by atoms with Crippen LogP contribution in [-0.4, -0.2) is 23.1 Å². The molecule has 0 atom stereocenters. The molecule has 0 radical (unpaired) electrons. The molecule has 1 aliphatic rings. The van der Waals surface area contributed by atoms with Crippen molar-refractivity contribution in [2.75, 3.05) is 23.3 Å². The van der Waals surface area contributed by atoms with E-state index in [1.807, 2.05) is 6.92 Å². The van der Waals surface area contributed by atoms with Crippen molar-refractivity contribution in [2.24, 2.45) is 5.92 Å². The fourth-order valence-corrected chi connectivity index (χ4v) is 3.06. The molecule has 23 heavy (non-hydrogen) atoms. The number of aryl methyl sites for hydroxylation is 2. The predicted octanol–water partition coefficient (Wildman–Crippen LogP) is 3.94. The van der Waals surface area contributed by atoms with Crippen LogP contribution in [-0.2, 0) is 6.54 Å². The van der Waals surface area contributed by atoms with E-state index in [0.717, 1.165) is 43.0 Å². The minimum atomic E-state index is 0.786. The highest BCUT2D eigenvalue weighted by molar-refractivity contribution is 5.50. The molecule has 1 aromatic carbocycles. The first kappa shape index (κ1) is 15.8. The van der Waals surface area contributed by atoms with Crippen molar-refractivity contribution in [3.63, 3.8) is 0 Å². The molecule has 1 aromatic heterocycles. The predicted molar refractivity (Wildman–Crippen MR) is 95.9 cm³/mol. The van der Waals surface area contributed by atoms with Crippen molar-refractivity contribution in [2.45, 2.75) is 40.2 Å². The van der Waals surface area contributed by atoms with Gasteiger partial charge in [-0.3, -0.25) is 0 Å². The third-order valence-corrected chi connectivity index (χ3v) is 4.49. The maximum absolute atomic E-state index is 4.63. The Morgan fingerprint density at radius 1 is 1.13 bits per heavy atom. The first-order valence-corrected chi connectivity index (χ1v) is 8.50. The smallest absolute Gasteiger partial charge is 0.134 e. The summed E-state index contributed by atoms with van der Waals surface area (Å²) >= 11 is 0. The number of nitrogens with one attached hydrogen (secondary N) is 1. The Labute approximate surface area is 139 Å². The van der Waals surface area contributed by atoms with Gasteiger partial charge in [0.1, 0.15) is 17.5 Å². The summed E-state index contributed by atoms with van der Waals surface area (Å²) < 4.78 is 0. The molecule has 1 saturated heterocycles. The van der Waals surface area contributed by atoms with Crippen LogP contribution in [0.1, 0.15) is 36.7 Å². The first-order chi connectivity index (χ1) is 11.1. The van der Waals surface area contributed by atoms with Crippen LogP contribution >= 0.6 is 0 Å². The second-order valence-corrected chi connectivity index (χ2v) is 6.67. The van der Waals surface area contributed by atoms with E-state index in [2.05, 4.69) is 64.4 Å². The molecule has 0 unspecified atom stereocenters. The van der Waals surface area contributed by atoms with Crippen molar-refractivity contribution in [3.8, 4) is 0 Å². The Bertz CT molecular complexity index is 660. The minimum absolute atomic E-state index is 0.786. The number of aromatic nitrogens is 2. The summed E-state index contributed by atoms with van der Waals surface area (Å²) in [5, 5.41) is 3.44. The van der Waals surface area contributed by atoms with Crippen molar-refractivity contribution in [1.29, 1.82) is 0 Å². The molecule has 0 saturated carbocycles. The summed E-state index contributed by atoms with van der Waals surface area (Å²) in [4.78, 5) is 11.5. The number of anilines is 2. The van der Waals surface area contributed by atoms with E-state index in [4.69, 9.17) is 0 Å². The lowest BCUT2D eigenvalue weighted by atomic mass is 9.99. The van der Waals surface area contributed by atoms with E-state index in [1.54, 1.807) is 0 Å². The van der Waals surface area contributed by atoms with Gasteiger partial charge >= 0.3 is 0 Å². The average molecular weight is 310 g/mol. The van der Waals surface area contributed by atoms with Crippen LogP contribution in [0.15, 0.2) is 30.3 Å². The van der Waals surface area contributed by atoms with Crippen LogP contribution in [0.25, 0.3) is 0 Å². The zero-order valence-corrected chi connectivity index (χ0v) is 14.3. The standard InChI is InChI=1S/C19H26N4/c1-14-7-9-23(10-8-14)19-12-18(21-16(3)22-19)20-13-17-6-4-5-15(2)11-17/h4-6,11-12,14H,7-10,13H2,1-3H3,(H,20,21,22). The van der Waals surface area contributed by atoms with Crippen molar-refractivity contribution >= 4 is 11.6 Å². The largest absolute Gasteiger partial charge is 0.366 e. The summed E-state index contributed by atoms with van der Waals surface area (Å²) in [6, 6.07) is 10.6. The molecule has 2 heterocycles. The van der Waals surface area contributed by atoms with Gasteiger partial charge in [-0.15, -0.1) is 0 Å². The zero-order valence-electron chi connectivity index (χ0n) is 14.3. The molecule has 122 valence electrons. The molecule has 1 aliphatic heterocycles. The fourth-order valence-electron chi connectivity index (χ4n) is 3.06. The maximum atomic E-state index is 4.63. The third kappa shape index (κ3) is 4.21. The highest BCUT2D eigenvalue weighted by atomic mass is 15.2. The molecule has 0 aliphatic carbocycles.